The van der Waals surface area contributed by atoms with Gasteiger partial charge in [0.25, 0.3) is 0 Å². The Morgan fingerprint density at radius 3 is 2.17 bits per heavy atom. The Morgan fingerprint density at radius 1 is 1.11 bits per heavy atom. The summed E-state index contributed by atoms with van der Waals surface area (Å²) < 4.78 is 1.09. The third-order valence-corrected chi connectivity index (χ3v) is 3.25. The second kappa shape index (κ2) is 10.6. The van der Waals surface area contributed by atoms with E-state index in [0.29, 0.717) is 5.17 Å². The van der Waals surface area contributed by atoms with Crippen molar-refractivity contribution in [2.75, 3.05) is 0 Å². The summed E-state index contributed by atoms with van der Waals surface area (Å²) in [6.07, 6.45) is 10.7. The normalized spacial score (nSPS) is 15.2. The van der Waals surface area contributed by atoms with Gasteiger partial charge in [0, 0.05) is 16.3 Å². The van der Waals surface area contributed by atoms with Gasteiger partial charge in [-0.1, -0.05) is 66.4 Å². The van der Waals surface area contributed by atoms with Crippen molar-refractivity contribution < 1.29 is 0 Å². The summed E-state index contributed by atoms with van der Waals surface area (Å²) in [4.78, 5) is 4.19. The summed E-state index contributed by atoms with van der Waals surface area (Å²) >= 11 is 9.42. The van der Waals surface area contributed by atoms with Crippen LogP contribution >= 0.6 is 27.5 Å². The zero-order valence-corrected chi connectivity index (χ0v) is 14.1. The van der Waals surface area contributed by atoms with Crippen molar-refractivity contribution in [3.63, 3.8) is 0 Å². The number of hydrogen-bond acceptors (Lipinski definition) is 1. The molecule has 0 aliphatic heterocycles. The molecule has 0 N–H and O–H groups in total. The first-order valence-corrected chi connectivity index (χ1v) is 7.63. The molecule has 0 amide bonds. The lowest BCUT2D eigenvalue weighted by Crippen LogP contribution is -1.88. The maximum absolute atomic E-state index is 5.79. The largest absolute Gasteiger partial charge is 0.249 e. The second-order valence-corrected chi connectivity index (χ2v) is 5.59. The van der Waals surface area contributed by atoms with E-state index in [0.717, 1.165) is 35.7 Å². The van der Waals surface area contributed by atoms with Gasteiger partial charge in [-0.15, -0.1) is 0 Å². The van der Waals surface area contributed by atoms with Gasteiger partial charge in [0.1, 0.15) is 5.17 Å². The van der Waals surface area contributed by atoms with E-state index in [1.807, 2.05) is 6.20 Å². The smallest absolute Gasteiger partial charge is 0.103 e. The molecular formula is C15H23BrClN. The minimum Gasteiger partial charge on any atom is -0.249 e. The second-order valence-electron chi connectivity index (χ2n) is 4.19. The zero-order chi connectivity index (χ0) is 14.0. The van der Waals surface area contributed by atoms with Crippen molar-refractivity contribution in [2.45, 2.75) is 53.4 Å². The van der Waals surface area contributed by atoms with Gasteiger partial charge in [-0.25, -0.2) is 4.99 Å². The standard InChI is InChI=1S/C15H23BrClN/c1-5-7-9-12(3)14(11-18-13(4)17)15(16)10-8-6-2/h9-11H,5-8H2,1-4H3/b12-9+,14-11+,15-10+,18-13?. The first-order chi connectivity index (χ1) is 8.52. The lowest BCUT2D eigenvalue weighted by Gasteiger charge is -2.07. The fraction of sp³-hybridized carbons (Fsp3) is 0.533. The highest BCUT2D eigenvalue weighted by atomic mass is 79.9. The van der Waals surface area contributed by atoms with Crippen LogP contribution in [0.2, 0.25) is 0 Å². The van der Waals surface area contributed by atoms with E-state index in [-0.39, 0.29) is 0 Å². The van der Waals surface area contributed by atoms with Gasteiger partial charge in [0.2, 0.25) is 0 Å². The molecule has 0 aromatic rings. The molecule has 0 heterocycles. The minimum atomic E-state index is 0.548. The highest BCUT2D eigenvalue weighted by molar-refractivity contribution is 9.12. The molecule has 18 heavy (non-hydrogen) atoms. The minimum absolute atomic E-state index is 0.548. The van der Waals surface area contributed by atoms with Crippen molar-refractivity contribution in [2.24, 2.45) is 4.99 Å². The summed E-state index contributed by atoms with van der Waals surface area (Å²) in [6, 6.07) is 0. The van der Waals surface area contributed by atoms with Gasteiger partial charge in [0.05, 0.1) is 0 Å². The van der Waals surface area contributed by atoms with E-state index in [1.54, 1.807) is 6.92 Å². The molecule has 0 fully saturated rings. The Bertz CT molecular complexity index is 337. The van der Waals surface area contributed by atoms with Crippen molar-refractivity contribution in [1.29, 1.82) is 0 Å². The molecule has 1 nitrogen and oxygen atoms in total. The molecule has 0 aliphatic carbocycles. The highest BCUT2D eigenvalue weighted by Crippen LogP contribution is 2.26. The summed E-state index contributed by atoms with van der Waals surface area (Å²) in [5.74, 6) is 0. The SMILES string of the molecule is CCC/C=C(C)/C(=C\N=C(C)Cl)C(/Br)=C\CCC. The summed E-state index contributed by atoms with van der Waals surface area (Å²) in [5, 5.41) is 0.548. The molecule has 0 rings (SSSR count). The van der Waals surface area contributed by atoms with E-state index in [1.165, 1.54) is 5.57 Å². The predicted molar refractivity (Wildman–Crippen MR) is 87.6 cm³/mol. The monoisotopic (exact) mass is 331 g/mol. The number of nitrogens with zero attached hydrogens (tertiary/aromatic N) is 1. The van der Waals surface area contributed by atoms with Crippen molar-refractivity contribution >= 4 is 32.7 Å². The van der Waals surface area contributed by atoms with Crippen LogP contribution in [-0.4, -0.2) is 5.17 Å². The predicted octanol–water partition coefficient (Wildman–Crippen LogP) is 6.35. The first kappa shape index (κ1) is 17.7. The molecule has 102 valence electrons. The van der Waals surface area contributed by atoms with E-state index in [4.69, 9.17) is 11.6 Å². The average Bonchev–Trinajstić information content (AvgIpc) is 2.33. The van der Waals surface area contributed by atoms with Crippen LogP contribution in [0, 0.1) is 0 Å². The summed E-state index contributed by atoms with van der Waals surface area (Å²) in [5.41, 5.74) is 2.34. The number of halogens is 2. The number of hydrogen-bond donors (Lipinski definition) is 0. The van der Waals surface area contributed by atoms with Gasteiger partial charge in [-0.05, 0) is 32.3 Å². The first-order valence-electron chi connectivity index (χ1n) is 6.46. The maximum Gasteiger partial charge on any atom is 0.103 e. The summed E-state index contributed by atoms with van der Waals surface area (Å²) in [7, 11) is 0. The Balaban J connectivity index is 5.18. The number of rotatable bonds is 7. The zero-order valence-electron chi connectivity index (χ0n) is 11.8. The van der Waals surface area contributed by atoms with Gasteiger partial charge >= 0.3 is 0 Å². The molecule has 0 saturated carbocycles. The molecule has 0 bridgehead atoms. The molecule has 0 unspecified atom stereocenters. The average molecular weight is 333 g/mol. The maximum atomic E-state index is 5.79. The van der Waals surface area contributed by atoms with E-state index >= 15 is 0 Å². The molecule has 0 aromatic heterocycles. The van der Waals surface area contributed by atoms with Crippen LogP contribution in [0.1, 0.15) is 53.4 Å². The lowest BCUT2D eigenvalue weighted by atomic mass is 10.1. The van der Waals surface area contributed by atoms with Crippen LogP contribution in [-0.2, 0) is 0 Å². The Hall–Kier alpha value is -0.340. The molecule has 0 aromatic carbocycles. The van der Waals surface area contributed by atoms with Gasteiger partial charge in [-0.3, -0.25) is 0 Å². The summed E-state index contributed by atoms with van der Waals surface area (Å²) in [6.45, 7) is 8.24. The van der Waals surface area contributed by atoms with Crippen LogP contribution in [0.25, 0.3) is 0 Å². The van der Waals surface area contributed by atoms with Crippen LogP contribution in [0.5, 0.6) is 0 Å². The van der Waals surface area contributed by atoms with E-state index in [9.17, 15) is 0 Å². The fourth-order valence-corrected chi connectivity index (χ4v) is 2.05. The van der Waals surface area contributed by atoms with Crippen molar-refractivity contribution in [3.05, 3.63) is 34.0 Å². The van der Waals surface area contributed by atoms with Crippen LogP contribution in [0.15, 0.2) is 39.0 Å². The quantitative estimate of drug-likeness (QED) is 0.380. The highest BCUT2D eigenvalue weighted by Gasteiger charge is 2.04. The number of aliphatic imine (C=N–C) groups is 1. The van der Waals surface area contributed by atoms with E-state index in [2.05, 4.69) is 53.8 Å². The van der Waals surface area contributed by atoms with E-state index < -0.39 is 0 Å². The molecule has 0 aliphatic rings. The number of allylic oxidation sites excluding steroid dienone is 5. The molecule has 0 spiro atoms. The van der Waals surface area contributed by atoms with Crippen LogP contribution < -0.4 is 0 Å². The molecular weight excluding hydrogens is 310 g/mol. The van der Waals surface area contributed by atoms with Gasteiger partial charge in [0.15, 0.2) is 0 Å². The molecule has 0 radical (unpaired) electrons. The van der Waals surface area contributed by atoms with Crippen LogP contribution in [0.3, 0.4) is 0 Å². The number of unbranched alkanes of at least 4 members (excludes halogenated alkanes) is 2. The van der Waals surface area contributed by atoms with Crippen LogP contribution in [0.4, 0.5) is 0 Å². The Morgan fingerprint density at radius 2 is 1.67 bits per heavy atom. The fourth-order valence-electron chi connectivity index (χ4n) is 1.36. The van der Waals surface area contributed by atoms with Crippen molar-refractivity contribution in [3.8, 4) is 0 Å². The third-order valence-electron chi connectivity index (χ3n) is 2.41. The lowest BCUT2D eigenvalue weighted by molar-refractivity contribution is 0.947. The van der Waals surface area contributed by atoms with Gasteiger partial charge < -0.3 is 0 Å². The Labute approximate surface area is 125 Å². The third kappa shape index (κ3) is 7.88. The van der Waals surface area contributed by atoms with Gasteiger partial charge in [-0.2, -0.15) is 0 Å². The molecule has 0 saturated heterocycles. The van der Waals surface area contributed by atoms with Crippen molar-refractivity contribution in [1.82, 2.24) is 0 Å². The molecule has 3 heteroatoms. The topological polar surface area (TPSA) is 12.4 Å². The Kier molecular flexibility index (Phi) is 10.4. The molecule has 0 atom stereocenters.